The molecule has 2 saturated heterocycles. The number of hydrogen-bond acceptors (Lipinski definition) is 3. The summed E-state index contributed by atoms with van der Waals surface area (Å²) in [6.45, 7) is 3.54. The molecular formula is C25H30N2O3. The molecule has 2 aromatic carbocycles. The van der Waals surface area contributed by atoms with Gasteiger partial charge in [0.05, 0.1) is 0 Å². The molecule has 0 radical (unpaired) electrons. The van der Waals surface area contributed by atoms with E-state index in [2.05, 4.69) is 0 Å². The summed E-state index contributed by atoms with van der Waals surface area (Å²) in [6.07, 6.45) is 4.97. The molecule has 4 rings (SSSR count). The summed E-state index contributed by atoms with van der Waals surface area (Å²) < 4.78 is 5.86. The van der Waals surface area contributed by atoms with Gasteiger partial charge in [0.15, 0.2) is 0 Å². The molecule has 2 heterocycles. The first-order valence-corrected chi connectivity index (χ1v) is 11.1. The van der Waals surface area contributed by atoms with E-state index in [9.17, 15) is 9.59 Å². The van der Waals surface area contributed by atoms with Gasteiger partial charge in [-0.3, -0.25) is 9.59 Å². The molecule has 2 fully saturated rings. The first-order chi connectivity index (χ1) is 14.7. The summed E-state index contributed by atoms with van der Waals surface area (Å²) in [5, 5.41) is 0. The molecule has 2 amide bonds. The average Bonchev–Trinajstić information content (AvgIpc) is 2.83. The van der Waals surface area contributed by atoms with Gasteiger partial charge in [-0.15, -0.1) is 0 Å². The largest absolute Gasteiger partial charge is 0.489 e. The van der Waals surface area contributed by atoms with Gasteiger partial charge in [0.2, 0.25) is 5.91 Å². The number of nitrogens with zero attached hydrogens (tertiary/aromatic N) is 2. The maximum Gasteiger partial charge on any atom is 0.253 e. The highest BCUT2D eigenvalue weighted by Gasteiger charge is 2.31. The van der Waals surface area contributed by atoms with Crippen molar-refractivity contribution in [1.82, 2.24) is 9.80 Å². The number of carbonyl (C=O) groups excluding carboxylic acids is 2. The molecule has 2 aliphatic rings. The van der Waals surface area contributed by atoms with Gasteiger partial charge in [0.25, 0.3) is 5.91 Å². The number of benzene rings is 2. The molecule has 0 bridgehead atoms. The van der Waals surface area contributed by atoms with E-state index in [1.807, 2.05) is 64.4 Å². The van der Waals surface area contributed by atoms with Gasteiger partial charge in [-0.05, 0) is 55.9 Å². The van der Waals surface area contributed by atoms with Crippen molar-refractivity contribution in [2.24, 2.45) is 5.92 Å². The quantitative estimate of drug-likeness (QED) is 0.750. The number of likely N-dealkylation sites (tertiary alicyclic amines) is 2. The topological polar surface area (TPSA) is 49.9 Å². The number of piperidine rings is 2. The Labute approximate surface area is 178 Å². The molecule has 5 heteroatoms. The van der Waals surface area contributed by atoms with Crippen LogP contribution in [0.3, 0.4) is 0 Å². The van der Waals surface area contributed by atoms with Gasteiger partial charge in [-0.25, -0.2) is 0 Å². The molecule has 0 spiro atoms. The van der Waals surface area contributed by atoms with Crippen molar-refractivity contribution in [2.75, 3.05) is 26.2 Å². The summed E-state index contributed by atoms with van der Waals surface area (Å²) in [4.78, 5) is 29.6. The molecule has 0 aromatic heterocycles. The van der Waals surface area contributed by atoms with Crippen LogP contribution in [0.1, 0.15) is 48.0 Å². The third kappa shape index (κ3) is 5.02. The zero-order valence-electron chi connectivity index (χ0n) is 17.5. The second-order valence-electron chi connectivity index (χ2n) is 8.25. The number of ether oxygens (including phenoxy) is 1. The lowest BCUT2D eigenvalue weighted by atomic mass is 9.94. The first kappa shape index (κ1) is 20.5. The second-order valence-corrected chi connectivity index (χ2v) is 8.25. The Bertz CT molecular complexity index is 854. The Morgan fingerprint density at radius 2 is 1.57 bits per heavy atom. The minimum absolute atomic E-state index is 0.0176. The van der Waals surface area contributed by atoms with Crippen LogP contribution in [0.4, 0.5) is 0 Å². The van der Waals surface area contributed by atoms with Crippen LogP contribution in [0.15, 0.2) is 54.6 Å². The number of amides is 2. The Morgan fingerprint density at radius 1 is 0.833 bits per heavy atom. The summed E-state index contributed by atoms with van der Waals surface area (Å²) in [6, 6.07) is 17.4. The van der Waals surface area contributed by atoms with Crippen molar-refractivity contribution in [1.29, 1.82) is 0 Å². The molecule has 0 aliphatic carbocycles. The summed E-state index contributed by atoms with van der Waals surface area (Å²) >= 11 is 0. The van der Waals surface area contributed by atoms with Crippen molar-refractivity contribution in [2.45, 2.75) is 38.7 Å². The Balaban J connectivity index is 1.31. The van der Waals surface area contributed by atoms with Gasteiger partial charge < -0.3 is 14.5 Å². The predicted molar refractivity (Wildman–Crippen MR) is 116 cm³/mol. The standard InChI is InChI=1S/C25H30N2O3/c28-24(26-14-5-2-6-15-26)21-12-16-27(17-13-21)25(29)22-10-7-11-23(18-22)30-19-20-8-3-1-4-9-20/h1,3-4,7-11,18,21H,2,5-6,12-17,19H2. The fraction of sp³-hybridized carbons (Fsp3) is 0.440. The molecule has 5 nitrogen and oxygen atoms in total. The molecular weight excluding hydrogens is 376 g/mol. The van der Waals surface area contributed by atoms with Crippen LogP contribution in [-0.2, 0) is 11.4 Å². The maximum atomic E-state index is 13.0. The van der Waals surface area contributed by atoms with E-state index in [1.54, 1.807) is 0 Å². The van der Waals surface area contributed by atoms with Gasteiger partial charge in [0.1, 0.15) is 12.4 Å². The number of rotatable bonds is 5. The average molecular weight is 407 g/mol. The van der Waals surface area contributed by atoms with Crippen LogP contribution in [0.5, 0.6) is 5.75 Å². The minimum atomic E-state index is 0.0176. The molecule has 2 aromatic rings. The van der Waals surface area contributed by atoms with E-state index in [-0.39, 0.29) is 17.7 Å². The SMILES string of the molecule is O=C(c1cccc(OCc2ccccc2)c1)N1CCC(C(=O)N2CCCCC2)CC1. The molecule has 30 heavy (non-hydrogen) atoms. The van der Waals surface area contributed by atoms with Gasteiger partial charge in [-0.2, -0.15) is 0 Å². The zero-order valence-corrected chi connectivity index (χ0v) is 17.5. The van der Waals surface area contributed by atoms with Crippen molar-refractivity contribution in [3.05, 3.63) is 65.7 Å². The normalized spacial score (nSPS) is 17.6. The van der Waals surface area contributed by atoms with Crippen molar-refractivity contribution < 1.29 is 14.3 Å². The molecule has 0 atom stereocenters. The predicted octanol–water partition coefficient (Wildman–Crippen LogP) is 4.13. The van der Waals surface area contributed by atoms with E-state index in [4.69, 9.17) is 4.74 Å². The number of carbonyl (C=O) groups is 2. The van der Waals surface area contributed by atoms with E-state index in [0.717, 1.165) is 44.3 Å². The molecule has 0 saturated carbocycles. The third-order valence-electron chi connectivity index (χ3n) is 6.13. The van der Waals surface area contributed by atoms with Crippen LogP contribution in [0.25, 0.3) is 0 Å². The van der Waals surface area contributed by atoms with Gasteiger partial charge >= 0.3 is 0 Å². The van der Waals surface area contributed by atoms with E-state index >= 15 is 0 Å². The Morgan fingerprint density at radius 3 is 2.30 bits per heavy atom. The van der Waals surface area contributed by atoms with Crippen molar-refractivity contribution >= 4 is 11.8 Å². The maximum absolute atomic E-state index is 13.0. The van der Waals surface area contributed by atoms with Crippen LogP contribution < -0.4 is 4.74 Å². The molecule has 2 aliphatic heterocycles. The highest BCUT2D eigenvalue weighted by atomic mass is 16.5. The van der Waals surface area contributed by atoms with Gasteiger partial charge in [0, 0.05) is 37.7 Å². The lowest BCUT2D eigenvalue weighted by molar-refractivity contribution is -0.137. The lowest BCUT2D eigenvalue weighted by Gasteiger charge is -2.35. The Hall–Kier alpha value is -2.82. The first-order valence-electron chi connectivity index (χ1n) is 11.1. The zero-order chi connectivity index (χ0) is 20.8. The third-order valence-corrected chi connectivity index (χ3v) is 6.13. The molecule has 158 valence electrons. The van der Waals surface area contributed by atoms with Crippen molar-refractivity contribution in [3.8, 4) is 5.75 Å². The monoisotopic (exact) mass is 406 g/mol. The summed E-state index contributed by atoms with van der Waals surface area (Å²) in [7, 11) is 0. The second kappa shape index (κ2) is 9.79. The van der Waals surface area contributed by atoms with E-state index in [0.29, 0.717) is 31.0 Å². The lowest BCUT2D eigenvalue weighted by Crippen LogP contribution is -2.45. The van der Waals surface area contributed by atoms with Crippen LogP contribution in [0, 0.1) is 5.92 Å². The van der Waals surface area contributed by atoms with Crippen LogP contribution in [-0.4, -0.2) is 47.8 Å². The smallest absolute Gasteiger partial charge is 0.253 e. The summed E-state index contributed by atoms with van der Waals surface area (Å²) in [5.74, 6) is 1.06. The minimum Gasteiger partial charge on any atom is -0.489 e. The van der Waals surface area contributed by atoms with E-state index < -0.39 is 0 Å². The van der Waals surface area contributed by atoms with Crippen LogP contribution >= 0.6 is 0 Å². The Kier molecular flexibility index (Phi) is 6.67. The fourth-order valence-electron chi connectivity index (χ4n) is 4.34. The molecule has 0 N–H and O–H groups in total. The molecule has 0 unspecified atom stereocenters. The van der Waals surface area contributed by atoms with E-state index in [1.165, 1.54) is 6.42 Å². The fourth-order valence-corrected chi connectivity index (χ4v) is 4.34. The highest BCUT2D eigenvalue weighted by molar-refractivity contribution is 5.94. The van der Waals surface area contributed by atoms with Crippen molar-refractivity contribution in [3.63, 3.8) is 0 Å². The number of hydrogen-bond donors (Lipinski definition) is 0. The summed E-state index contributed by atoms with van der Waals surface area (Å²) in [5.41, 5.74) is 1.73. The highest BCUT2D eigenvalue weighted by Crippen LogP contribution is 2.24. The van der Waals surface area contributed by atoms with Crippen LogP contribution in [0.2, 0.25) is 0 Å². The van der Waals surface area contributed by atoms with Gasteiger partial charge in [-0.1, -0.05) is 36.4 Å².